The summed E-state index contributed by atoms with van der Waals surface area (Å²) in [7, 11) is 0. The first kappa shape index (κ1) is 24.7. The van der Waals surface area contributed by atoms with E-state index in [0.29, 0.717) is 23.2 Å². The number of nitrogens with one attached hydrogen (secondary N) is 1. The highest BCUT2D eigenvalue weighted by molar-refractivity contribution is 6.32. The Kier molecular flexibility index (Phi) is 7.05. The molecule has 5 aromatic rings. The van der Waals surface area contributed by atoms with Crippen molar-refractivity contribution in [3.05, 3.63) is 87.9 Å². The summed E-state index contributed by atoms with van der Waals surface area (Å²) >= 11 is 6.57. The number of hydrogen-bond acceptors (Lipinski definition) is 5. The number of tetrazole rings is 1. The van der Waals surface area contributed by atoms with Gasteiger partial charge < -0.3 is 4.57 Å². The second kappa shape index (κ2) is 10.6. The highest BCUT2D eigenvalue weighted by Gasteiger charge is 2.20. The van der Waals surface area contributed by atoms with Crippen molar-refractivity contribution in [1.82, 2.24) is 39.3 Å². The van der Waals surface area contributed by atoms with Gasteiger partial charge in [0.1, 0.15) is 5.82 Å². The van der Waals surface area contributed by atoms with Gasteiger partial charge in [0, 0.05) is 42.1 Å². The Morgan fingerprint density at radius 1 is 1.08 bits per heavy atom. The van der Waals surface area contributed by atoms with Crippen LogP contribution in [0.2, 0.25) is 5.02 Å². The van der Waals surface area contributed by atoms with Crippen molar-refractivity contribution in [3.8, 4) is 28.3 Å². The molecule has 0 bridgehead atoms. The van der Waals surface area contributed by atoms with E-state index in [4.69, 9.17) is 11.6 Å². The van der Waals surface area contributed by atoms with E-state index >= 15 is 0 Å². The van der Waals surface area contributed by atoms with Crippen molar-refractivity contribution >= 4 is 11.6 Å². The third-order valence-corrected chi connectivity index (χ3v) is 6.82. The minimum Gasteiger partial charge on any atom is -0.330 e. The summed E-state index contributed by atoms with van der Waals surface area (Å²) in [6, 6.07) is 11.9. The summed E-state index contributed by atoms with van der Waals surface area (Å²) in [6.45, 7) is 6.67. The summed E-state index contributed by atoms with van der Waals surface area (Å²) in [6.07, 6.45) is 10.2. The normalized spacial score (nSPS) is 11.5. The van der Waals surface area contributed by atoms with Gasteiger partial charge in [-0.05, 0) is 65.9 Å². The van der Waals surface area contributed by atoms with Crippen LogP contribution in [-0.4, -0.2) is 39.3 Å². The molecule has 0 amide bonds. The van der Waals surface area contributed by atoms with Gasteiger partial charge in [0.05, 0.1) is 11.6 Å². The van der Waals surface area contributed by atoms with Gasteiger partial charge >= 0.3 is 5.69 Å². The van der Waals surface area contributed by atoms with Gasteiger partial charge in [-0.2, -0.15) is 0 Å². The van der Waals surface area contributed by atoms with Crippen molar-refractivity contribution in [2.75, 3.05) is 0 Å². The lowest BCUT2D eigenvalue weighted by Crippen LogP contribution is -2.26. The number of halogens is 1. The maximum atomic E-state index is 13.9. The van der Waals surface area contributed by atoms with Crippen LogP contribution in [0.5, 0.6) is 0 Å². The topological polar surface area (TPSA) is 99.2 Å². The summed E-state index contributed by atoms with van der Waals surface area (Å²) in [5.74, 6) is 1.27. The zero-order valence-electron chi connectivity index (χ0n) is 21.1. The molecule has 0 aliphatic carbocycles. The molecular formula is C27H29ClN8O. The molecule has 4 heterocycles. The number of aromatic nitrogens is 8. The smallest absolute Gasteiger partial charge is 0.330 e. The number of imidazole rings is 1. The summed E-state index contributed by atoms with van der Waals surface area (Å²) in [5, 5.41) is 15.0. The van der Waals surface area contributed by atoms with Crippen LogP contribution in [0.1, 0.15) is 50.9 Å². The Hall–Kier alpha value is -3.98. The summed E-state index contributed by atoms with van der Waals surface area (Å²) in [4.78, 5) is 18.3. The molecule has 4 aromatic heterocycles. The molecule has 0 aliphatic heterocycles. The van der Waals surface area contributed by atoms with E-state index < -0.39 is 0 Å². The average molecular weight is 517 g/mol. The number of H-pyrrole nitrogens is 1. The van der Waals surface area contributed by atoms with E-state index in [1.807, 2.05) is 64.1 Å². The van der Waals surface area contributed by atoms with Gasteiger partial charge in [0.25, 0.3) is 0 Å². The second-order valence-corrected chi connectivity index (χ2v) is 9.69. The molecule has 9 nitrogen and oxygen atoms in total. The molecular weight excluding hydrogens is 488 g/mol. The number of nitrogens with zero attached hydrogens (tertiary/aromatic N) is 7. The molecule has 37 heavy (non-hydrogen) atoms. The van der Waals surface area contributed by atoms with Gasteiger partial charge in [-0.3, -0.25) is 14.1 Å². The highest BCUT2D eigenvalue weighted by Crippen LogP contribution is 2.32. The highest BCUT2D eigenvalue weighted by atomic mass is 35.5. The third-order valence-electron chi connectivity index (χ3n) is 6.52. The number of hydrogen-bond donors (Lipinski definition) is 1. The molecule has 0 unspecified atom stereocenters. The van der Waals surface area contributed by atoms with Crippen molar-refractivity contribution in [2.24, 2.45) is 0 Å². The minimum absolute atomic E-state index is 0.129. The first-order valence-corrected chi connectivity index (χ1v) is 12.8. The molecule has 0 saturated carbocycles. The first-order chi connectivity index (χ1) is 18.0. The Morgan fingerprint density at radius 2 is 1.89 bits per heavy atom. The van der Waals surface area contributed by atoms with E-state index in [1.165, 1.54) is 0 Å². The molecule has 0 fully saturated rings. The first-order valence-electron chi connectivity index (χ1n) is 12.4. The monoisotopic (exact) mass is 516 g/mol. The van der Waals surface area contributed by atoms with Gasteiger partial charge in [0.2, 0.25) is 0 Å². The molecule has 0 spiro atoms. The van der Waals surface area contributed by atoms with Crippen LogP contribution in [0.25, 0.3) is 28.3 Å². The molecule has 1 aromatic carbocycles. The number of rotatable bonds is 9. The molecule has 10 heteroatoms. The number of aromatic amines is 1. The van der Waals surface area contributed by atoms with Crippen LogP contribution in [0.3, 0.4) is 0 Å². The predicted octanol–water partition coefficient (Wildman–Crippen LogP) is 5.31. The molecule has 5 rings (SSSR count). The van der Waals surface area contributed by atoms with E-state index in [1.54, 1.807) is 10.8 Å². The largest absolute Gasteiger partial charge is 0.334 e. The second-order valence-electron chi connectivity index (χ2n) is 9.28. The number of unbranched alkanes of at least 4 members (excludes halogenated alkanes) is 1. The van der Waals surface area contributed by atoms with Crippen molar-refractivity contribution in [1.29, 1.82) is 0 Å². The van der Waals surface area contributed by atoms with E-state index in [2.05, 4.69) is 46.4 Å². The fraction of sp³-hybridized carbons (Fsp3) is 0.296. The fourth-order valence-electron chi connectivity index (χ4n) is 4.66. The van der Waals surface area contributed by atoms with Crippen LogP contribution in [0.15, 0.2) is 66.0 Å². The van der Waals surface area contributed by atoms with Gasteiger partial charge in [-0.1, -0.05) is 49.2 Å². The third kappa shape index (κ3) is 4.74. The number of aryl methyl sites for hydroxylation is 1. The zero-order valence-corrected chi connectivity index (χ0v) is 21.9. The van der Waals surface area contributed by atoms with Crippen LogP contribution < -0.4 is 5.69 Å². The van der Waals surface area contributed by atoms with Crippen LogP contribution in [0.4, 0.5) is 0 Å². The van der Waals surface area contributed by atoms with Gasteiger partial charge in [-0.25, -0.2) is 9.89 Å². The van der Waals surface area contributed by atoms with Crippen LogP contribution in [0, 0.1) is 0 Å². The number of pyridine rings is 1. The predicted molar refractivity (Wildman–Crippen MR) is 144 cm³/mol. The van der Waals surface area contributed by atoms with E-state index in [9.17, 15) is 4.79 Å². The standard InChI is InChI=1S/C27H29ClN8O/c1-4-5-8-20-17-36(26-24(28)12-14-34(26)18(2)3)27(37)35(20)16-19-15-29-13-11-21(19)22-9-6-7-10-23(22)25-30-32-33-31-25/h6-7,9-15,17-18H,4-5,8,16H2,1-3H3,(H,30,31,32,33). The maximum Gasteiger partial charge on any atom is 0.334 e. The van der Waals surface area contributed by atoms with Crippen LogP contribution in [-0.2, 0) is 13.0 Å². The van der Waals surface area contributed by atoms with E-state index in [-0.39, 0.29) is 11.7 Å². The Labute approximate surface area is 219 Å². The molecule has 1 N–H and O–H groups in total. The Bertz CT molecular complexity index is 1560. The van der Waals surface area contributed by atoms with E-state index in [0.717, 1.165) is 47.2 Å². The number of benzene rings is 1. The fourth-order valence-corrected chi connectivity index (χ4v) is 4.90. The quantitative estimate of drug-likeness (QED) is 0.286. The lowest BCUT2D eigenvalue weighted by atomic mass is 9.96. The average Bonchev–Trinajstić information content (AvgIpc) is 3.64. The van der Waals surface area contributed by atoms with Gasteiger partial charge in [0.15, 0.2) is 5.82 Å². The Balaban J connectivity index is 1.63. The molecule has 0 aliphatic rings. The Morgan fingerprint density at radius 3 is 2.62 bits per heavy atom. The maximum absolute atomic E-state index is 13.9. The molecule has 0 atom stereocenters. The summed E-state index contributed by atoms with van der Waals surface area (Å²) < 4.78 is 5.54. The SMILES string of the molecule is CCCCc1cn(-c2c(Cl)ccn2C(C)C)c(=O)n1Cc1cnccc1-c1ccccc1-c1nnn[nH]1. The van der Waals surface area contributed by atoms with Gasteiger partial charge in [-0.15, -0.1) is 5.10 Å². The van der Waals surface area contributed by atoms with Crippen molar-refractivity contribution in [3.63, 3.8) is 0 Å². The molecule has 190 valence electrons. The van der Waals surface area contributed by atoms with Crippen molar-refractivity contribution < 1.29 is 0 Å². The lowest BCUT2D eigenvalue weighted by molar-refractivity contribution is 0.583. The zero-order chi connectivity index (χ0) is 25.9. The van der Waals surface area contributed by atoms with Crippen LogP contribution >= 0.6 is 11.6 Å². The lowest BCUT2D eigenvalue weighted by Gasteiger charge is -2.14. The molecule has 0 radical (unpaired) electrons. The van der Waals surface area contributed by atoms with Crippen molar-refractivity contribution in [2.45, 2.75) is 52.6 Å². The molecule has 0 saturated heterocycles. The summed E-state index contributed by atoms with van der Waals surface area (Å²) in [5.41, 5.74) is 4.55. The minimum atomic E-state index is -0.129.